The number of carboxylic acid groups (broad SMARTS) is 1. The van der Waals surface area contributed by atoms with Crippen LogP contribution in [0.3, 0.4) is 0 Å². The van der Waals surface area contributed by atoms with Crippen molar-refractivity contribution in [2.24, 2.45) is 0 Å². The molecule has 1 aliphatic heterocycles. The highest BCUT2D eigenvalue weighted by atomic mass is 16.5. The number of pyridine rings is 1. The molecule has 1 aromatic heterocycles. The van der Waals surface area contributed by atoms with Gasteiger partial charge < -0.3 is 19.3 Å². The molecule has 4 rings (SSSR count). The Hall–Kier alpha value is -3.19. The highest BCUT2D eigenvalue weighted by molar-refractivity contribution is 5.95. The van der Waals surface area contributed by atoms with Crippen molar-refractivity contribution in [3.8, 4) is 0 Å². The summed E-state index contributed by atoms with van der Waals surface area (Å²) < 4.78 is 7.21. The Morgan fingerprint density at radius 3 is 2.21 bits per heavy atom. The number of aromatic nitrogens is 1. The molecule has 7 nitrogen and oxygen atoms in total. The molecule has 0 radical (unpaired) electrons. The highest BCUT2D eigenvalue weighted by Gasteiger charge is 2.36. The van der Waals surface area contributed by atoms with Crippen LogP contribution in [0.4, 0.5) is 0 Å². The van der Waals surface area contributed by atoms with Crippen molar-refractivity contribution in [2.75, 3.05) is 13.7 Å². The third-order valence-corrected chi connectivity index (χ3v) is 5.61. The van der Waals surface area contributed by atoms with E-state index < -0.39 is 12.0 Å². The number of hydrogen-bond donors (Lipinski definition) is 1. The van der Waals surface area contributed by atoms with Gasteiger partial charge in [-0.2, -0.15) is 0 Å². The van der Waals surface area contributed by atoms with Crippen LogP contribution in [0.25, 0.3) is 21.8 Å². The van der Waals surface area contributed by atoms with Gasteiger partial charge in [-0.1, -0.05) is 24.3 Å². The number of aliphatic carboxylic acids is 1. The van der Waals surface area contributed by atoms with E-state index in [4.69, 9.17) is 4.74 Å². The molecular weight excluding hydrogens is 372 g/mol. The molecule has 7 heteroatoms. The van der Waals surface area contributed by atoms with E-state index >= 15 is 0 Å². The third kappa shape index (κ3) is 3.49. The minimum absolute atomic E-state index is 0.0217. The first-order chi connectivity index (χ1) is 14.0. The van der Waals surface area contributed by atoms with Crippen molar-refractivity contribution in [3.63, 3.8) is 0 Å². The van der Waals surface area contributed by atoms with Gasteiger partial charge in [-0.25, -0.2) is 0 Å². The summed E-state index contributed by atoms with van der Waals surface area (Å²) in [5, 5.41) is 10.3. The fourth-order valence-corrected chi connectivity index (χ4v) is 4.22. The number of rotatable bonds is 5. The van der Waals surface area contributed by atoms with Crippen molar-refractivity contribution in [1.29, 1.82) is 0 Å². The first-order valence-corrected chi connectivity index (χ1v) is 9.54. The zero-order valence-corrected chi connectivity index (χ0v) is 16.1. The molecule has 2 heterocycles. The summed E-state index contributed by atoms with van der Waals surface area (Å²) in [4.78, 5) is 38.9. The van der Waals surface area contributed by atoms with E-state index in [9.17, 15) is 19.5 Å². The number of carbonyl (C=O) groups excluding carboxylic acids is 1. The summed E-state index contributed by atoms with van der Waals surface area (Å²) in [5.74, 6) is -1.13. The Bertz CT molecular complexity index is 1090. The SMILES string of the molecule is COC1CC(CC(=O)O)N(C(=O)Cn2c3ccccc3c(=O)c3ccccc32)C1. The fourth-order valence-electron chi connectivity index (χ4n) is 4.22. The number of fused-ring (bicyclic) bond motifs is 2. The number of carbonyl (C=O) groups is 2. The average molecular weight is 394 g/mol. The van der Waals surface area contributed by atoms with Crippen molar-refractivity contribution in [1.82, 2.24) is 9.47 Å². The lowest BCUT2D eigenvalue weighted by Crippen LogP contribution is -2.39. The molecule has 0 spiro atoms. The van der Waals surface area contributed by atoms with E-state index in [1.165, 1.54) is 0 Å². The lowest BCUT2D eigenvalue weighted by atomic mass is 10.1. The maximum Gasteiger partial charge on any atom is 0.305 e. The van der Waals surface area contributed by atoms with E-state index in [2.05, 4.69) is 0 Å². The Morgan fingerprint density at radius 2 is 1.66 bits per heavy atom. The summed E-state index contributed by atoms with van der Waals surface area (Å²) >= 11 is 0. The number of amides is 1. The number of benzene rings is 2. The Morgan fingerprint density at radius 1 is 1.07 bits per heavy atom. The van der Waals surface area contributed by atoms with Gasteiger partial charge in [-0.05, 0) is 30.7 Å². The predicted molar refractivity (Wildman–Crippen MR) is 109 cm³/mol. The highest BCUT2D eigenvalue weighted by Crippen LogP contribution is 2.25. The monoisotopic (exact) mass is 394 g/mol. The number of para-hydroxylation sites is 2. The smallest absolute Gasteiger partial charge is 0.305 e. The molecule has 0 bridgehead atoms. The van der Waals surface area contributed by atoms with Gasteiger partial charge in [0.05, 0.1) is 23.6 Å². The van der Waals surface area contributed by atoms with E-state index in [0.29, 0.717) is 34.8 Å². The second kappa shape index (κ2) is 7.67. The maximum atomic E-state index is 13.2. The molecule has 0 saturated carbocycles. The molecule has 1 amide bonds. The van der Waals surface area contributed by atoms with Crippen LogP contribution in [-0.2, 0) is 20.9 Å². The van der Waals surface area contributed by atoms with Gasteiger partial charge in [0, 0.05) is 30.5 Å². The van der Waals surface area contributed by atoms with E-state index in [-0.39, 0.29) is 30.4 Å². The molecule has 1 saturated heterocycles. The number of methoxy groups -OCH3 is 1. The number of nitrogens with zero attached hydrogens (tertiary/aromatic N) is 2. The maximum absolute atomic E-state index is 13.2. The first kappa shape index (κ1) is 19.1. The summed E-state index contributed by atoms with van der Waals surface area (Å²) in [5.41, 5.74) is 1.30. The number of hydrogen-bond acceptors (Lipinski definition) is 4. The van der Waals surface area contributed by atoms with Gasteiger partial charge in [0.15, 0.2) is 5.43 Å². The van der Waals surface area contributed by atoms with Crippen LogP contribution in [-0.4, -0.2) is 52.3 Å². The van der Waals surface area contributed by atoms with E-state index in [0.717, 1.165) is 0 Å². The summed E-state index contributed by atoms with van der Waals surface area (Å²) in [6, 6.07) is 14.0. The summed E-state index contributed by atoms with van der Waals surface area (Å²) in [6.07, 6.45) is 0.211. The zero-order chi connectivity index (χ0) is 20.5. The molecule has 0 aliphatic carbocycles. The molecule has 2 unspecified atom stereocenters. The van der Waals surface area contributed by atoms with Gasteiger partial charge in [0.25, 0.3) is 0 Å². The molecule has 29 heavy (non-hydrogen) atoms. The molecule has 1 fully saturated rings. The normalized spacial score (nSPS) is 19.1. The van der Waals surface area contributed by atoms with Crippen LogP contribution in [0.2, 0.25) is 0 Å². The average Bonchev–Trinajstić information content (AvgIpc) is 3.13. The number of carboxylic acids is 1. The zero-order valence-electron chi connectivity index (χ0n) is 16.1. The quantitative estimate of drug-likeness (QED) is 0.671. The van der Waals surface area contributed by atoms with Crippen LogP contribution < -0.4 is 5.43 Å². The Kier molecular flexibility index (Phi) is 5.07. The molecule has 2 atom stereocenters. The minimum Gasteiger partial charge on any atom is -0.481 e. The second-order valence-corrected chi connectivity index (χ2v) is 7.34. The van der Waals surface area contributed by atoms with Crippen LogP contribution in [0, 0.1) is 0 Å². The van der Waals surface area contributed by atoms with Gasteiger partial charge in [0.1, 0.15) is 6.54 Å². The Labute approximate surface area is 167 Å². The second-order valence-electron chi connectivity index (χ2n) is 7.34. The standard InChI is InChI=1S/C22H22N2O5/c1-29-15-10-14(11-21(26)27)23(12-15)20(25)13-24-18-8-4-2-6-16(18)22(28)17-7-3-5-9-19(17)24/h2-9,14-15H,10-13H2,1H3,(H,26,27). The molecule has 1 N–H and O–H groups in total. The third-order valence-electron chi connectivity index (χ3n) is 5.61. The number of ether oxygens (including phenoxy) is 1. The van der Waals surface area contributed by atoms with Gasteiger partial charge in [0.2, 0.25) is 5.91 Å². The number of likely N-dealkylation sites (tertiary alicyclic amines) is 1. The molecule has 1 aliphatic rings. The van der Waals surface area contributed by atoms with Crippen molar-refractivity contribution in [3.05, 3.63) is 58.8 Å². The Balaban J connectivity index is 1.77. The lowest BCUT2D eigenvalue weighted by Gasteiger charge is -2.25. The van der Waals surface area contributed by atoms with E-state index in [1.807, 2.05) is 28.8 Å². The molecule has 2 aromatic carbocycles. The molecule has 3 aromatic rings. The summed E-state index contributed by atoms with van der Waals surface area (Å²) in [7, 11) is 1.57. The predicted octanol–water partition coefficient (Wildman–Crippen LogP) is 2.25. The first-order valence-electron chi connectivity index (χ1n) is 9.54. The van der Waals surface area contributed by atoms with Gasteiger partial charge in [-0.3, -0.25) is 14.4 Å². The van der Waals surface area contributed by atoms with Crippen molar-refractivity contribution in [2.45, 2.75) is 31.5 Å². The lowest BCUT2D eigenvalue weighted by molar-refractivity contribution is -0.140. The fraction of sp³-hybridized carbons (Fsp3) is 0.318. The van der Waals surface area contributed by atoms with E-state index in [1.54, 1.807) is 36.3 Å². The van der Waals surface area contributed by atoms with Gasteiger partial charge in [-0.15, -0.1) is 0 Å². The van der Waals surface area contributed by atoms with Crippen LogP contribution in [0.1, 0.15) is 12.8 Å². The summed E-state index contributed by atoms with van der Waals surface area (Å²) in [6.45, 7) is 0.386. The molecule has 150 valence electrons. The van der Waals surface area contributed by atoms with Gasteiger partial charge >= 0.3 is 5.97 Å². The van der Waals surface area contributed by atoms with Crippen LogP contribution >= 0.6 is 0 Å². The largest absolute Gasteiger partial charge is 0.481 e. The van der Waals surface area contributed by atoms with Crippen LogP contribution in [0.5, 0.6) is 0 Å². The topological polar surface area (TPSA) is 88.8 Å². The van der Waals surface area contributed by atoms with Crippen molar-refractivity contribution >= 4 is 33.7 Å². The van der Waals surface area contributed by atoms with Crippen molar-refractivity contribution < 1.29 is 19.4 Å². The molecular formula is C22H22N2O5. The van der Waals surface area contributed by atoms with Crippen LogP contribution in [0.15, 0.2) is 53.3 Å². The minimum atomic E-state index is -0.941.